The molecule has 0 aliphatic carbocycles. The summed E-state index contributed by atoms with van der Waals surface area (Å²) in [4.78, 5) is 16.0. The van der Waals surface area contributed by atoms with Crippen molar-refractivity contribution in [3.05, 3.63) is 30.0 Å². The number of aromatic hydroxyl groups is 1. The number of hydrogen-bond acceptors (Lipinski definition) is 5. The topological polar surface area (TPSA) is 85.6 Å². The molecule has 0 saturated heterocycles. The van der Waals surface area contributed by atoms with Gasteiger partial charge in [-0.25, -0.2) is 0 Å². The number of ether oxygens (including phenoxy) is 2. The molecule has 1 aromatic carbocycles. The van der Waals surface area contributed by atoms with Crippen LogP contribution in [0.25, 0.3) is 0 Å². The van der Waals surface area contributed by atoms with Crippen molar-refractivity contribution < 1.29 is 19.4 Å². The average molecular weight is 291 g/mol. The van der Waals surface area contributed by atoms with Crippen LogP contribution in [-0.4, -0.2) is 34.3 Å². The Kier molecular flexibility index (Phi) is 4.32. The van der Waals surface area contributed by atoms with Gasteiger partial charge in [0.05, 0.1) is 19.9 Å². The highest BCUT2D eigenvalue weighted by atomic mass is 16.5. The van der Waals surface area contributed by atoms with Gasteiger partial charge in [-0.2, -0.15) is 4.98 Å². The normalized spacial score (nSPS) is 10.2. The third kappa shape index (κ3) is 3.25. The molecule has 0 fully saturated rings. The molecule has 1 heterocycles. The molecule has 0 aliphatic heterocycles. The molecule has 0 aliphatic rings. The Balaban J connectivity index is 2.22. The predicted octanol–water partition coefficient (Wildman–Crippen LogP) is 1.79. The average Bonchev–Trinajstić information content (AvgIpc) is 2.77. The molecule has 0 bridgehead atoms. The van der Waals surface area contributed by atoms with Crippen molar-refractivity contribution in [1.29, 1.82) is 0 Å². The SMILES string of the molecule is CCOc1cc(C(=O)Nc2nc(O)cn2C)ccc1OC. The van der Waals surface area contributed by atoms with Crippen molar-refractivity contribution in [3.63, 3.8) is 0 Å². The number of anilines is 1. The summed E-state index contributed by atoms with van der Waals surface area (Å²) in [6.07, 6.45) is 1.40. The van der Waals surface area contributed by atoms with Crippen LogP contribution in [0.15, 0.2) is 24.4 Å². The van der Waals surface area contributed by atoms with Crippen molar-refractivity contribution in [2.45, 2.75) is 6.92 Å². The minimum absolute atomic E-state index is 0.155. The molecule has 0 radical (unpaired) electrons. The van der Waals surface area contributed by atoms with Crippen LogP contribution in [0.4, 0.5) is 5.95 Å². The van der Waals surface area contributed by atoms with Gasteiger partial charge in [-0.15, -0.1) is 0 Å². The first kappa shape index (κ1) is 14.7. The van der Waals surface area contributed by atoms with Gasteiger partial charge in [-0.3, -0.25) is 10.1 Å². The summed E-state index contributed by atoms with van der Waals surface area (Å²) >= 11 is 0. The van der Waals surface area contributed by atoms with E-state index in [9.17, 15) is 9.90 Å². The van der Waals surface area contributed by atoms with E-state index in [-0.39, 0.29) is 17.7 Å². The van der Waals surface area contributed by atoms with Gasteiger partial charge in [-0.05, 0) is 25.1 Å². The Morgan fingerprint density at radius 1 is 1.43 bits per heavy atom. The summed E-state index contributed by atoms with van der Waals surface area (Å²) < 4.78 is 12.1. The van der Waals surface area contributed by atoms with E-state index in [1.54, 1.807) is 25.2 Å². The highest BCUT2D eigenvalue weighted by Crippen LogP contribution is 2.28. The van der Waals surface area contributed by atoms with Gasteiger partial charge < -0.3 is 19.1 Å². The van der Waals surface area contributed by atoms with Crippen LogP contribution in [0, 0.1) is 0 Å². The maximum Gasteiger partial charge on any atom is 0.258 e. The maximum absolute atomic E-state index is 12.2. The first-order chi connectivity index (χ1) is 10.0. The Labute approximate surface area is 122 Å². The van der Waals surface area contributed by atoms with Crippen molar-refractivity contribution >= 4 is 11.9 Å². The Morgan fingerprint density at radius 2 is 2.19 bits per heavy atom. The van der Waals surface area contributed by atoms with Gasteiger partial charge in [0.15, 0.2) is 11.5 Å². The number of carbonyl (C=O) groups is 1. The van der Waals surface area contributed by atoms with Gasteiger partial charge in [0.25, 0.3) is 5.91 Å². The third-order valence-corrected chi connectivity index (χ3v) is 2.81. The van der Waals surface area contributed by atoms with E-state index in [0.717, 1.165) is 0 Å². The van der Waals surface area contributed by atoms with Gasteiger partial charge in [0.1, 0.15) is 0 Å². The smallest absolute Gasteiger partial charge is 0.258 e. The van der Waals surface area contributed by atoms with Crippen LogP contribution in [0.2, 0.25) is 0 Å². The molecule has 0 spiro atoms. The molecule has 0 atom stereocenters. The van der Waals surface area contributed by atoms with E-state index in [4.69, 9.17) is 9.47 Å². The number of rotatable bonds is 5. The number of aryl methyl sites for hydroxylation is 1. The number of imidazole rings is 1. The minimum Gasteiger partial charge on any atom is -0.493 e. The molecule has 2 N–H and O–H groups in total. The number of benzene rings is 1. The van der Waals surface area contributed by atoms with E-state index >= 15 is 0 Å². The molecule has 112 valence electrons. The molecular formula is C14H17N3O4. The summed E-state index contributed by atoms with van der Waals surface area (Å²) in [6, 6.07) is 4.88. The van der Waals surface area contributed by atoms with E-state index in [1.807, 2.05) is 6.92 Å². The lowest BCUT2D eigenvalue weighted by Crippen LogP contribution is -2.15. The van der Waals surface area contributed by atoms with Crippen LogP contribution in [0.3, 0.4) is 0 Å². The highest BCUT2D eigenvalue weighted by molar-refractivity contribution is 6.03. The summed E-state index contributed by atoms with van der Waals surface area (Å²) in [5.41, 5.74) is 0.404. The standard InChI is InChI=1S/C14H17N3O4/c1-4-21-11-7-9(5-6-10(11)20-3)13(19)16-14-15-12(18)8-17(14)2/h5-8,18H,4H2,1-3H3,(H,15,16,19). The van der Waals surface area contributed by atoms with Crippen molar-refractivity contribution in [1.82, 2.24) is 9.55 Å². The monoisotopic (exact) mass is 291 g/mol. The summed E-state index contributed by atoms with van der Waals surface area (Å²) in [7, 11) is 3.20. The third-order valence-electron chi connectivity index (χ3n) is 2.81. The number of carbonyl (C=O) groups excluding carboxylic acids is 1. The number of methoxy groups -OCH3 is 1. The van der Waals surface area contributed by atoms with Crippen LogP contribution in [0.5, 0.6) is 17.4 Å². The molecule has 0 saturated carbocycles. The first-order valence-corrected chi connectivity index (χ1v) is 6.39. The summed E-state index contributed by atoms with van der Waals surface area (Å²) in [5, 5.41) is 11.9. The Bertz CT molecular complexity index is 652. The summed E-state index contributed by atoms with van der Waals surface area (Å²) in [5.74, 6) is 0.800. The highest BCUT2D eigenvalue weighted by Gasteiger charge is 2.13. The van der Waals surface area contributed by atoms with Gasteiger partial charge in [-0.1, -0.05) is 0 Å². The lowest BCUT2D eigenvalue weighted by atomic mass is 10.2. The Morgan fingerprint density at radius 3 is 2.76 bits per heavy atom. The van der Waals surface area contributed by atoms with Crippen LogP contribution >= 0.6 is 0 Å². The molecule has 0 unspecified atom stereocenters. The van der Waals surface area contributed by atoms with E-state index < -0.39 is 0 Å². The second-order valence-electron chi connectivity index (χ2n) is 4.29. The van der Waals surface area contributed by atoms with E-state index in [2.05, 4.69) is 10.3 Å². The van der Waals surface area contributed by atoms with Crippen molar-refractivity contribution in [3.8, 4) is 17.4 Å². The lowest BCUT2D eigenvalue weighted by Gasteiger charge is -2.11. The quantitative estimate of drug-likeness (QED) is 0.877. The molecule has 2 rings (SSSR count). The zero-order chi connectivity index (χ0) is 15.4. The zero-order valence-corrected chi connectivity index (χ0v) is 12.1. The van der Waals surface area contributed by atoms with Crippen LogP contribution in [0.1, 0.15) is 17.3 Å². The number of nitrogens with one attached hydrogen (secondary N) is 1. The number of amides is 1. The first-order valence-electron chi connectivity index (χ1n) is 6.39. The van der Waals surface area contributed by atoms with Crippen LogP contribution < -0.4 is 14.8 Å². The van der Waals surface area contributed by atoms with Gasteiger partial charge in [0, 0.05) is 12.6 Å². The largest absolute Gasteiger partial charge is 0.493 e. The number of nitrogens with zero attached hydrogens (tertiary/aromatic N) is 2. The second-order valence-corrected chi connectivity index (χ2v) is 4.29. The number of hydrogen-bond donors (Lipinski definition) is 2. The fourth-order valence-corrected chi connectivity index (χ4v) is 1.83. The fourth-order valence-electron chi connectivity index (χ4n) is 1.83. The molecule has 1 amide bonds. The molecule has 7 nitrogen and oxygen atoms in total. The fraction of sp³-hybridized carbons (Fsp3) is 0.286. The number of aromatic nitrogens is 2. The minimum atomic E-state index is -0.354. The van der Waals surface area contributed by atoms with Crippen LogP contribution in [-0.2, 0) is 7.05 Å². The van der Waals surface area contributed by atoms with Gasteiger partial charge >= 0.3 is 0 Å². The maximum atomic E-state index is 12.2. The summed E-state index contributed by atoms with van der Waals surface area (Å²) in [6.45, 7) is 2.32. The Hall–Kier alpha value is -2.70. The molecule has 1 aromatic heterocycles. The van der Waals surface area contributed by atoms with E-state index in [0.29, 0.717) is 23.7 Å². The zero-order valence-electron chi connectivity index (χ0n) is 12.1. The van der Waals surface area contributed by atoms with Crippen molar-refractivity contribution in [2.24, 2.45) is 7.05 Å². The van der Waals surface area contributed by atoms with Gasteiger partial charge in [0.2, 0.25) is 11.8 Å². The molecule has 2 aromatic rings. The second kappa shape index (κ2) is 6.17. The van der Waals surface area contributed by atoms with E-state index in [1.165, 1.54) is 17.9 Å². The molecule has 21 heavy (non-hydrogen) atoms. The van der Waals surface area contributed by atoms with Crippen molar-refractivity contribution in [2.75, 3.05) is 19.0 Å². The molecule has 7 heteroatoms. The lowest BCUT2D eigenvalue weighted by molar-refractivity contribution is 0.102. The predicted molar refractivity (Wildman–Crippen MR) is 77.0 cm³/mol. The molecular weight excluding hydrogens is 274 g/mol.